The highest BCUT2D eigenvalue weighted by molar-refractivity contribution is 5.21. The summed E-state index contributed by atoms with van der Waals surface area (Å²) < 4.78 is 4.85. The zero-order chi connectivity index (χ0) is 9.52. The van der Waals surface area contributed by atoms with Crippen LogP contribution in [0.3, 0.4) is 0 Å². The fourth-order valence-electron chi connectivity index (χ4n) is 1.37. The first-order valence-electron chi connectivity index (χ1n) is 4.84. The number of aliphatic hydroxyl groups excluding tert-OH is 1. The van der Waals surface area contributed by atoms with Crippen molar-refractivity contribution >= 4 is 0 Å². The van der Waals surface area contributed by atoms with Gasteiger partial charge in [0.15, 0.2) is 0 Å². The van der Waals surface area contributed by atoms with Crippen LogP contribution in [0.2, 0.25) is 0 Å². The summed E-state index contributed by atoms with van der Waals surface area (Å²) in [4.78, 5) is 0. The zero-order valence-electron chi connectivity index (χ0n) is 8.05. The van der Waals surface area contributed by atoms with Gasteiger partial charge in [0.1, 0.15) is 12.2 Å². The molecular formula is C11H16O2. The lowest BCUT2D eigenvalue weighted by atomic mass is 9.96. The Morgan fingerprint density at radius 3 is 3.08 bits per heavy atom. The lowest BCUT2D eigenvalue weighted by Crippen LogP contribution is -2.09. The topological polar surface area (TPSA) is 29.5 Å². The molecule has 13 heavy (non-hydrogen) atoms. The molecule has 0 saturated heterocycles. The minimum atomic E-state index is -0.619. The van der Waals surface area contributed by atoms with Crippen LogP contribution in [-0.4, -0.2) is 17.8 Å². The minimum absolute atomic E-state index is 0.568. The van der Waals surface area contributed by atoms with E-state index >= 15 is 0 Å². The van der Waals surface area contributed by atoms with Crippen molar-refractivity contribution in [3.63, 3.8) is 0 Å². The Morgan fingerprint density at radius 1 is 1.62 bits per heavy atom. The zero-order valence-corrected chi connectivity index (χ0v) is 8.05. The Morgan fingerprint density at radius 2 is 2.46 bits per heavy atom. The molecule has 1 N–H and O–H groups in total. The molecule has 0 aliphatic heterocycles. The molecule has 2 nitrogen and oxygen atoms in total. The van der Waals surface area contributed by atoms with E-state index in [1.54, 1.807) is 0 Å². The van der Waals surface area contributed by atoms with Crippen LogP contribution in [0.25, 0.3) is 0 Å². The van der Waals surface area contributed by atoms with Crippen molar-refractivity contribution in [3.05, 3.63) is 11.6 Å². The molecule has 1 aliphatic rings. The first-order chi connectivity index (χ1) is 6.34. The Balaban J connectivity index is 2.43. The van der Waals surface area contributed by atoms with E-state index in [-0.39, 0.29) is 0 Å². The third kappa shape index (κ3) is 3.52. The van der Waals surface area contributed by atoms with Crippen molar-refractivity contribution < 1.29 is 9.84 Å². The third-order valence-electron chi connectivity index (χ3n) is 2.09. The van der Waals surface area contributed by atoms with Crippen LogP contribution in [0.15, 0.2) is 11.6 Å². The van der Waals surface area contributed by atoms with Crippen LogP contribution in [0.4, 0.5) is 0 Å². The minimum Gasteiger partial charge on any atom is -0.447 e. The second kappa shape index (κ2) is 5.66. The molecule has 2 heteroatoms. The quantitative estimate of drug-likeness (QED) is 0.519. The first-order valence-corrected chi connectivity index (χ1v) is 4.84. The maximum atomic E-state index is 9.58. The van der Waals surface area contributed by atoms with E-state index in [0.29, 0.717) is 6.61 Å². The number of allylic oxidation sites excluding steroid dienone is 1. The average Bonchev–Trinajstić information content (AvgIpc) is 2.19. The average molecular weight is 180 g/mol. The van der Waals surface area contributed by atoms with Crippen molar-refractivity contribution in [3.8, 4) is 12.0 Å². The Hall–Kier alpha value is -0.940. The Kier molecular flexibility index (Phi) is 4.42. The van der Waals surface area contributed by atoms with Gasteiger partial charge in [-0.3, -0.25) is 0 Å². The lowest BCUT2D eigenvalue weighted by Gasteiger charge is -2.13. The molecule has 0 bridgehead atoms. The summed E-state index contributed by atoms with van der Waals surface area (Å²) in [6.07, 6.45) is 8.41. The fraction of sp³-hybridized carbons (Fsp3) is 0.636. The molecule has 1 rings (SSSR count). The van der Waals surface area contributed by atoms with Crippen molar-refractivity contribution in [2.45, 2.75) is 38.7 Å². The Labute approximate surface area is 79.6 Å². The van der Waals surface area contributed by atoms with Crippen molar-refractivity contribution in [2.75, 3.05) is 6.61 Å². The van der Waals surface area contributed by atoms with E-state index in [2.05, 4.69) is 18.1 Å². The standard InChI is InChI=1S/C11H16O2/c1-2-13-9-8-11(12)10-6-4-3-5-7-10/h6,11-12H,2-5,7H2,1H3. The summed E-state index contributed by atoms with van der Waals surface area (Å²) in [6.45, 7) is 2.44. The van der Waals surface area contributed by atoms with Gasteiger partial charge in [0, 0.05) is 0 Å². The predicted octanol–water partition coefficient (Wildman–Crippen LogP) is 1.85. The van der Waals surface area contributed by atoms with Gasteiger partial charge in [-0.15, -0.1) is 0 Å². The molecule has 0 heterocycles. The van der Waals surface area contributed by atoms with E-state index in [9.17, 15) is 5.11 Å². The van der Waals surface area contributed by atoms with Crippen molar-refractivity contribution in [2.24, 2.45) is 0 Å². The smallest absolute Gasteiger partial charge is 0.139 e. The maximum absolute atomic E-state index is 9.58. The molecule has 0 fully saturated rings. The summed E-state index contributed by atoms with van der Waals surface area (Å²) in [6, 6.07) is 0. The molecule has 1 aliphatic carbocycles. The SMILES string of the molecule is CCOC#CC(O)C1=CCCCC1. The highest BCUT2D eigenvalue weighted by Gasteiger charge is 2.10. The van der Waals surface area contributed by atoms with Crippen LogP contribution >= 0.6 is 0 Å². The molecular weight excluding hydrogens is 164 g/mol. The number of rotatable bonds is 2. The molecule has 1 atom stereocenters. The lowest BCUT2D eigenvalue weighted by molar-refractivity contribution is 0.254. The van der Waals surface area contributed by atoms with E-state index in [4.69, 9.17) is 4.74 Å². The third-order valence-corrected chi connectivity index (χ3v) is 2.09. The van der Waals surface area contributed by atoms with Crippen molar-refractivity contribution in [1.29, 1.82) is 0 Å². The summed E-state index contributed by atoms with van der Waals surface area (Å²) in [5, 5.41) is 9.58. The van der Waals surface area contributed by atoms with Crippen LogP contribution in [-0.2, 0) is 4.74 Å². The molecule has 0 aromatic carbocycles. The van der Waals surface area contributed by atoms with Gasteiger partial charge in [0.05, 0.1) is 6.61 Å². The van der Waals surface area contributed by atoms with Gasteiger partial charge in [-0.1, -0.05) is 6.08 Å². The van der Waals surface area contributed by atoms with Gasteiger partial charge in [0.25, 0.3) is 0 Å². The first kappa shape index (κ1) is 10.1. The fourth-order valence-corrected chi connectivity index (χ4v) is 1.37. The van der Waals surface area contributed by atoms with Gasteiger partial charge in [0.2, 0.25) is 0 Å². The number of hydrogen-bond acceptors (Lipinski definition) is 2. The monoisotopic (exact) mass is 180 g/mol. The summed E-state index contributed by atoms with van der Waals surface area (Å²) in [5.74, 6) is 2.67. The van der Waals surface area contributed by atoms with Gasteiger partial charge in [-0.2, -0.15) is 0 Å². The second-order valence-electron chi connectivity index (χ2n) is 3.11. The molecule has 0 saturated carbocycles. The molecule has 1 unspecified atom stereocenters. The van der Waals surface area contributed by atoms with E-state index in [0.717, 1.165) is 18.4 Å². The van der Waals surface area contributed by atoms with Gasteiger partial charge in [-0.25, -0.2) is 0 Å². The molecule has 0 aromatic heterocycles. The summed E-state index contributed by atoms with van der Waals surface area (Å²) >= 11 is 0. The van der Waals surface area contributed by atoms with E-state index in [1.807, 2.05) is 6.92 Å². The van der Waals surface area contributed by atoms with E-state index in [1.165, 1.54) is 12.8 Å². The highest BCUT2D eigenvalue weighted by Crippen LogP contribution is 2.19. The van der Waals surface area contributed by atoms with Crippen LogP contribution in [0, 0.1) is 12.0 Å². The van der Waals surface area contributed by atoms with Crippen LogP contribution < -0.4 is 0 Å². The molecule has 0 radical (unpaired) electrons. The number of ether oxygens (including phenoxy) is 1. The molecule has 0 spiro atoms. The van der Waals surface area contributed by atoms with Gasteiger partial charge < -0.3 is 9.84 Å². The van der Waals surface area contributed by atoms with Gasteiger partial charge >= 0.3 is 0 Å². The Bertz CT molecular complexity index is 232. The predicted molar refractivity (Wildman–Crippen MR) is 52.0 cm³/mol. The molecule has 0 amide bonds. The van der Waals surface area contributed by atoms with Crippen molar-refractivity contribution in [1.82, 2.24) is 0 Å². The number of hydrogen-bond donors (Lipinski definition) is 1. The van der Waals surface area contributed by atoms with E-state index < -0.39 is 6.10 Å². The van der Waals surface area contributed by atoms with Gasteiger partial charge in [-0.05, 0) is 44.1 Å². The number of aliphatic hydroxyl groups is 1. The maximum Gasteiger partial charge on any atom is 0.139 e. The van der Waals surface area contributed by atoms with Crippen LogP contribution in [0.5, 0.6) is 0 Å². The summed E-state index contributed by atoms with van der Waals surface area (Å²) in [5.41, 5.74) is 1.05. The molecule has 0 aromatic rings. The summed E-state index contributed by atoms with van der Waals surface area (Å²) in [7, 11) is 0. The highest BCUT2D eigenvalue weighted by atomic mass is 16.5. The molecule has 72 valence electrons. The normalized spacial score (nSPS) is 18.2. The van der Waals surface area contributed by atoms with Crippen LogP contribution in [0.1, 0.15) is 32.6 Å². The largest absolute Gasteiger partial charge is 0.447 e. The second-order valence-corrected chi connectivity index (χ2v) is 3.11.